The van der Waals surface area contributed by atoms with Gasteiger partial charge in [-0.25, -0.2) is 16.8 Å². The van der Waals surface area contributed by atoms with Gasteiger partial charge in [0.15, 0.2) is 0 Å². The summed E-state index contributed by atoms with van der Waals surface area (Å²) in [6, 6.07) is 9.93. The summed E-state index contributed by atoms with van der Waals surface area (Å²) < 4.78 is 42.6. The Bertz CT molecular complexity index is 605. The molecule has 1 aromatic carbocycles. The van der Waals surface area contributed by atoms with Gasteiger partial charge in [-0.2, -0.15) is 13.3 Å². The summed E-state index contributed by atoms with van der Waals surface area (Å²) in [5.74, 6) is 0.588. The van der Waals surface area contributed by atoms with Crippen molar-refractivity contribution in [3.63, 3.8) is 0 Å². The van der Waals surface area contributed by atoms with E-state index in [0.29, 0.717) is 12.2 Å². The second-order valence-electron chi connectivity index (χ2n) is 5.41. The maximum absolute atomic E-state index is 10.8. The van der Waals surface area contributed by atoms with Crippen LogP contribution >= 0.6 is 0 Å². The van der Waals surface area contributed by atoms with E-state index >= 15 is 0 Å². The summed E-state index contributed by atoms with van der Waals surface area (Å²) in [4.78, 5) is 0. The van der Waals surface area contributed by atoms with Gasteiger partial charge in [0.05, 0.1) is 5.75 Å². The molecule has 0 bridgehead atoms. The smallest absolute Gasteiger partial charge is 0.147 e. The van der Waals surface area contributed by atoms with Crippen LogP contribution in [-0.2, 0) is 91.5 Å². The van der Waals surface area contributed by atoms with Crippen LogP contribution < -0.4 is 0 Å². The monoisotopic (exact) mass is 664 g/mol. The zero-order valence-electron chi connectivity index (χ0n) is 18.4. The first kappa shape index (κ1) is 64.4. The number of hydrogen-bond acceptors (Lipinski definition) is 4. The van der Waals surface area contributed by atoms with Crippen molar-refractivity contribution in [3.8, 4) is 0 Å². The molecule has 0 unspecified atom stereocenters. The van der Waals surface area contributed by atoms with Gasteiger partial charge in [-0.15, -0.1) is 0 Å². The molecule has 0 aliphatic heterocycles. The Labute approximate surface area is 262 Å². The summed E-state index contributed by atoms with van der Waals surface area (Å²) in [7, 11) is -5.52. The van der Waals surface area contributed by atoms with Gasteiger partial charge in [-0.1, -0.05) is 87.7 Å². The Morgan fingerprint density at radius 3 is 1.30 bits per heavy atom. The third kappa shape index (κ3) is 65.6. The normalized spacial score (nSPS) is 8.09. The molecule has 0 aliphatic carbocycles. The Kier molecular flexibility index (Phi) is 84.7. The largest absolute Gasteiger partial charge is 0.346 e. The quantitative estimate of drug-likeness (QED) is 0.211. The molecule has 1 rings (SSSR count). The molecule has 0 amide bonds. The molecule has 33 heavy (non-hydrogen) atoms. The second kappa shape index (κ2) is 43.4. The first-order valence-electron chi connectivity index (χ1n) is 9.03. The molecule has 0 N–H and O–H groups in total. The van der Waals surface area contributed by atoms with Crippen molar-refractivity contribution in [2.75, 3.05) is 24.0 Å². The average molecular weight is 665 g/mol. The molecule has 4 nitrogen and oxygen atoms in total. The number of rotatable bonds is 8. The van der Waals surface area contributed by atoms with Crippen LogP contribution in [0.15, 0.2) is 30.3 Å². The fourth-order valence-electron chi connectivity index (χ4n) is 1.72. The predicted molar refractivity (Wildman–Crippen MR) is 149 cm³/mol. The predicted octanol–water partition coefficient (Wildman–Crippen LogP) is 7.74. The number of hydrogen-bond donors (Lipinski definition) is 0. The molecule has 8 heteroatoms. The van der Waals surface area contributed by atoms with Gasteiger partial charge in [0.25, 0.3) is 0 Å². The minimum Gasteiger partial charge on any atom is -0.346 e. The van der Waals surface area contributed by atoms with Crippen molar-refractivity contribution in [1.29, 1.82) is 0 Å². The molecular weight excluding hydrogens is 606 g/mol. The zero-order valence-corrected chi connectivity index (χ0v) is 25.7. The van der Waals surface area contributed by atoms with Crippen molar-refractivity contribution in [3.05, 3.63) is 49.7 Å². The van der Waals surface area contributed by atoms with Crippen molar-refractivity contribution in [2.45, 2.75) is 90.0 Å². The molecule has 0 atom stereocenters. The molecule has 0 fully saturated rings. The summed E-state index contributed by atoms with van der Waals surface area (Å²) in [5.41, 5.74) is 1.20. The summed E-state index contributed by atoms with van der Waals surface area (Å²) in [5, 5.41) is 0. The molecule has 0 heterocycles. The van der Waals surface area contributed by atoms with Gasteiger partial charge in [0, 0.05) is 83.7 Å². The van der Waals surface area contributed by atoms with Crippen molar-refractivity contribution in [1.82, 2.24) is 0 Å². The number of benzene rings is 1. The van der Waals surface area contributed by atoms with Crippen LogP contribution in [0, 0.1) is 13.8 Å². The van der Waals surface area contributed by atoms with Gasteiger partial charge in [0.2, 0.25) is 0 Å². The molecule has 2 radical (unpaired) electrons. The van der Waals surface area contributed by atoms with Gasteiger partial charge in [0.1, 0.15) is 19.7 Å². The topological polar surface area (TPSA) is 68.3 Å². The standard InChI is InChI=1S/C10H14O2S.C6H13O2S.C2H6.C2H5.5CH4.2Y/c1-13(11,12)9-5-8-10-6-3-2-4-7-10;1-3-4-5-6-9(2,7)8;2*1-2;;;;;;;/h2-4,6-7H,5,8-9H2,1H3;1,3-6H2,2H3;1-2H3;1H2,2H3;5*1H4;;/q;-1;;-1;;;;;;;. The molecule has 1 aromatic rings. The Hall–Kier alpha value is 1.33. The maximum Gasteiger partial charge on any atom is 0.147 e. The molecule has 0 saturated carbocycles. The third-order valence-corrected chi connectivity index (χ3v) is 4.90. The Morgan fingerprint density at radius 2 is 1.00 bits per heavy atom. The van der Waals surface area contributed by atoms with E-state index in [1.165, 1.54) is 18.1 Å². The molecule has 202 valence electrons. The molecule has 0 aliphatic rings. The van der Waals surface area contributed by atoms with E-state index in [0.717, 1.165) is 25.7 Å². The zero-order chi connectivity index (χ0) is 21.1. The first-order valence-corrected chi connectivity index (χ1v) is 13.2. The fraction of sp³-hybridized carbons (Fsp3) is 0.680. The summed E-state index contributed by atoms with van der Waals surface area (Å²) in [6.45, 7) is 12.6. The molecule has 0 saturated heterocycles. The van der Waals surface area contributed by atoms with Crippen molar-refractivity contribution in [2.24, 2.45) is 0 Å². The molecule has 0 aromatic heterocycles. The minimum atomic E-state index is -2.79. The van der Waals surface area contributed by atoms with Crippen LogP contribution in [0.25, 0.3) is 0 Å². The number of sulfone groups is 2. The number of unbranched alkanes of at least 4 members (excludes halogenated alkanes) is 2. The average Bonchev–Trinajstić information content (AvgIpc) is 2.58. The van der Waals surface area contributed by atoms with Crippen LogP contribution in [0.1, 0.15) is 89.2 Å². The van der Waals surface area contributed by atoms with E-state index in [2.05, 4.69) is 13.8 Å². The Morgan fingerprint density at radius 1 is 0.667 bits per heavy atom. The third-order valence-electron chi connectivity index (χ3n) is 2.84. The van der Waals surface area contributed by atoms with E-state index in [9.17, 15) is 16.8 Å². The van der Waals surface area contributed by atoms with Crippen molar-refractivity contribution < 1.29 is 82.3 Å². The molecular formula is C25H58O4S2Y2-2. The van der Waals surface area contributed by atoms with Gasteiger partial charge < -0.3 is 13.8 Å². The molecule has 0 spiro atoms. The summed E-state index contributed by atoms with van der Waals surface area (Å²) >= 11 is 0. The minimum absolute atomic E-state index is 0. The van der Waals surface area contributed by atoms with Crippen LogP contribution in [0.4, 0.5) is 0 Å². The summed E-state index contributed by atoms with van der Waals surface area (Å²) in [6.07, 6.45) is 6.58. The number of aryl methyl sites for hydroxylation is 1. The van der Waals surface area contributed by atoms with Gasteiger partial charge >= 0.3 is 0 Å². The maximum atomic E-state index is 10.8. The fourth-order valence-corrected chi connectivity index (χ4v) is 3.12. The first-order chi connectivity index (χ1) is 12.1. The van der Waals surface area contributed by atoms with Crippen LogP contribution in [0.2, 0.25) is 0 Å². The van der Waals surface area contributed by atoms with Gasteiger partial charge in [-0.05, 0) is 24.8 Å². The van der Waals surface area contributed by atoms with Crippen LogP contribution in [-0.4, -0.2) is 40.9 Å². The van der Waals surface area contributed by atoms with E-state index in [4.69, 9.17) is 0 Å². The SMILES string of the molecule is C.C.C.C.C.CC.CS(=O)(=O)CCCc1ccccc1.[CH2-]C.[CH2-]CCCCS(C)(=O)=O.[Y].[Y]. The van der Waals surface area contributed by atoms with E-state index in [1.807, 2.05) is 44.2 Å². The Balaban J connectivity index is -0.0000000301. The van der Waals surface area contributed by atoms with Crippen LogP contribution in [0.5, 0.6) is 0 Å². The van der Waals surface area contributed by atoms with Gasteiger partial charge in [-0.3, -0.25) is 0 Å². The van der Waals surface area contributed by atoms with E-state index in [1.54, 1.807) is 6.92 Å². The van der Waals surface area contributed by atoms with E-state index < -0.39 is 19.7 Å². The second-order valence-corrected chi connectivity index (χ2v) is 9.93. The van der Waals surface area contributed by atoms with Crippen molar-refractivity contribution >= 4 is 19.7 Å². The van der Waals surface area contributed by atoms with Crippen LogP contribution in [0.3, 0.4) is 0 Å². The van der Waals surface area contributed by atoms with E-state index in [-0.39, 0.29) is 108 Å².